The minimum Gasteiger partial charge on any atom is -0.489 e. The molecule has 0 aliphatic carbocycles. The van der Waals surface area contributed by atoms with Gasteiger partial charge in [0, 0.05) is 12.7 Å². The second-order valence-corrected chi connectivity index (χ2v) is 7.08. The number of hydrogen-bond acceptors (Lipinski definition) is 1. The van der Waals surface area contributed by atoms with Crippen molar-refractivity contribution in [1.29, 1.82) is 0 Å². The third-order valence-electron chi connectivity index (χ3n) is 2.71. The van der Waals surface area contributed by atoms with E-state index in [2.05, 4.69) is 81.6 Å². The fourth-order valence-corrected chi connectivity index (χ4v) is 4.45. The van der Waals surface area contributed by atoms with Crippen molar-refractivity contribution in [2.75, 3.05) is 0 Å². The molecule has 1 aliphatic rings. The third-order valence-corrected chi connectivity index (χ3v) is 7.58. The van der Waals surface area contributed by atoms with Crippen molar-refractivity contribution in [1.82, 2.24) is 0 Å². The molecular formula is C11H11I3O. The predicted octanol–water partition coefficient (Wildman–Crippen LogP) is 4.52. The maximum absolute atomic E-state index is 5.96. The fourth-order valence-electron chi connectivity index (χ4n) is 1.77. The average molecular weight is 540 g/mol. The van der Waals surface area contributed by atoms with E-state index < -0.39 is 0 Å². The van der Waals surface area contributed by atoms with Gasteiger partial charge in [-0.2, -0.15) is 0 Å². The van der Waals surface area contributed by atoms with Crippen LogP contribution in [0.1, 0.15) is 24.5 Å². The Labute approximate surface area is 131 Å². The molecule has 0 saturated heterocycles. The Hall–Kier alpha value is 1.21. The lowest BCUT2D eigenvalue weighted by atomic mass is 10.0. The molecule has 1 unspecified atom stereocenters. The number of hydrogen-bond donors (Lipinski definition) is 0. The van der Waals surface area contributed by atoms with E-state index in [9.17, 15) is 0 Å². The van der Waals surface area contributed by atoms with Gasteiger partial charge in [0.25, 0.3) is 0 Å². The van der Waals surface area contributed by atoms with Gasteiger partial charge in [0.05, 0.1) is 9.67 Å². The van der Waals surface area contributed by atoms with E-state index in [0.29, 0.717) is 6.10 Å². The van der Waals surface area contributed by atoms with E-state index in [4.69, 9.17) is 4.74 Å². The van der Waals surface area contributed by atoms with Crippen LogP contribution >= 0.6 is 67.8 Å². The van der Waals surface area contributed by atoms with Crippen LogP contribution in [0, 0.1) is 17.6 Å². The Morgan fingerprint density at radius 1 is 1.13 bits per heavy atom. The van der Waals surface area contributed by atoms with Crippen molar-refractivity contribution < 1.29 is 4.74 Å². The standard InChI is InChI=1S/C11H11I3O/c1-5-3-4-7-8(12)6(2)9(13)10(14)11(7)15-5/h5H,3-4H2,1-2H3. The van der Waals surface area contributed by atoms with Crippen LogP contribution in [-0.4, -0.2) is 6.10 Å². The van der Waals surface area contributed by atoms with Crippen molar-refractivity contribution in [3.8, 4) is 5.75 Å². The van der Waals surface area contributed by atoms with E-state index >= 15 is 0 Å². The summed E-state index contributed by atoms with van der Waals surface area (Å²) in [4.78, 5) is 0. The molecule has 0 amide bonds. The monoisotopic (exact) mass is 540 g/mol. The summed E-state index contributed by atoms with van der Waals surface area (Å²) in [7, 11) is 0. The van der Waals surface area contributed by atoms with Crippen molar-refractivity contribution in [3.63, 3.8) is 0 Å². The van der Waals surface area contributed by atoms with Gasteiger partial charge >= 0.3 is 0 Å². The molecule has 0 radical (unpaired) electrons. The lowest BCUT2D eigenvalue weighted by molar-refractivity contribution is 0.190. The maximum atomic E-state index is 5.96. The van der Waals surface area contributed by atoms with Crippen LogP contribution < -0.4 is 4.74 Å². The molecule has 0 aromatic heterocycles. The first kappa shape index (κ1) is 12.7. The van der Waals surface area contributed by atoms with Crippen LogP contribution in [-0.2, 0) is 6.42 Å². The Morgan fingerprint density at radius 3 is 2.47 bits per heavy atom. The first-order chi connectivity index (χ1) is 7.02. The molecule has 82 valence electrons. The lowest BCUT2D eigenvalue weighted by Gasteiger charge is -2.27. The Bertz CT molecular complexity index is 415. The third kappa shape index (κ3) is 2.27. The molecule has 1 heterocycles. The molecule has 15 heavy (non-hydrogen) atoms. The van der Waals surface area contributed by atoms with Gasteiger partial charge in [-0.25, -0.2) is 0 Å². The lowest BCUT2D eigenvalue weighted by Crippen LogP contribution is -2.21. The molecule has 0 spiro atoms. The van der Waals surface area contributed by atoms with Crippen molar-refractivity contribution in [2.24, 2.45) is 0 Å². The summed E-state index contributed by atoms with van der Waals surface area (Å²) in [6.45, 7) is 4.35. The highest BCUT2D eigenvalue weighted by Crippen LogP contribution is 2.40. The van der Waals surface area contributed by atoms with Gasteiger partial charge in [0.1, 0.15) is 5.75 Å². The van der Waals surface area contributed by atoms with Gasteiger partial charge in [0.2, 0.25) is 0 Å². The summed E-state index contributed by atoms with van der Waals surface area (Å²) >= 11 is 7.27. The van der Waals surface area contributed by atoms with E-state index in [-0.39, 0.29) is 0 Å². The number of ether oxygens (including phenoxy) is 1. The number of rotatable bonds is 0. The largest absolute Gasteiger partial charge is 0.489 e. The smallest absolute Gasteiger partial charge is 0.138 e. The van der Waals surface area contributed by atoms with Crippen molar-refractivity contribution in [2.45, 2.75) is 32.8 Å². The van der Waals surface area contributed by atoms with Gasteiger partial charge in [-0.3, -0.25) is 0 Å². The van der Waals surface area contributed by atoms with Crippen LogP contribution in [0.4, 0.5) is 0 Å². The molecule has 0 saturated carbocycles. The summed E-state index contributed by atoms with van der Waals surface area (Å²) in [5, 5.41) is 0. The second kappa shape index (κ2) is 4.83. The highest BCUT2D eigenvalue weighted by atomic mass is 127. The molecule has 1 atom stereocenters. The van der Waals surface area contributed by atoms with Gasteiger partial charge in [-0.05, 0) is 100 Å². The van der Waals surface area contributed by atoms with Crippen LogP contribution in [0.3, 0.4) is 0 Å². The molecule has 1 nitrogen and oxygen atoms in total. The maximum Gasteiger partial charge on any atom is 0.138 e. The molecular weight excluding hydrogens is 529 g/mol. The van der Waals surface area contributed by atoms with Crippen LogP contribution in [0.15, 0.2) is 0 Å². The van der Waals surface area contributed by atoms with E-state index in [0.717, 1.165) is 18.6 Å². The summed E-state index contributed by atoms with van der Waals surface area (Å²) in [6, 6.07) is 0. The quantitative estimate of drug-likeness (QED) is 0.348. The van der Waals surface area contributed by atoms with E-state index in [1.54, 1.807) is 0 Å². The molecule has 2 rings (SSSR count). The summed E-state index contributed by atoms with van der Waals surface area (Å²) in [5.41, 5.74) is 2.81. The van der Waals surface area contributed by atoms with Crippen LogP contribution in [0.25, 0.3) is 0 Å². The van der Waals surface area contributed by atoms with Gasteiger partial charge < -0.3 is 4.74 Å². The SMILES string of the molecule is Cc1c(I)c(I)c2c(c1I)CCC(C)O2. The molecule has 4 heteroatoms. The molecule has 0 bridgehead atoms. The molecule has 1 aromatic rings. The van der Waals surface area contributed by atoms with Gasteiger partial charge in [-0.1, -0.05) is 0 Å². The minimum absolute atomic E-state index is 0.361. The second-order valence-electron chi connectivity index (χ2n) is 3.84. The van der Waals surface area contributed by atoms with Gasteiger partial charge in [0.15, 0.2) is 0 Å². The highest BCUT2D eigenvalue weighted by molar-refractivity contribution is 14.1. The van der Waals surface area contributed by atoms with Crippen molar-refractivity contribution >= 4 is 67.8 Å². The number of benzene rings is 1. The zero-order valence-corrected chi connectivity index (χ0v) is 15.0. The Balaban J connectivity index is 2.65. The highest BCUT2D eigenvalue weighted by Gasteiger charge is 2.24. The summed E-state index contributed by atoms with van der Waals surface area (Å²) in [6.07, 6.45) is 2.65. The summed E-state index contributed by atoms with van der Waals surface area (Å²) in [5.74, 6) is 1.13. The predicted molar refractivity (Wildman–Crippen MR) is 87.7 cm³/mol. The van der Waals surface area contributed by atoms with E-state index in [1.807, 2.05) is 0 Å². The number of fused-ring (bicyclic) bond motifs is 1. The topological polar surface area (TPSA) is 9.23 Å². The summed E-state index contributed by atoms with van der Waals surface area (Å²) < 4.78 is 9.97. The van der Waals surface area contributed by atoms with Gasteiger partial charge in [-0.15, -0.1) is 0 Å². The first-order valence-corrected chi connectivity index (χ1v) is 8.08. The Kier molecular flexibility index (Phi) is 4.08. The van der Waals surface area contributed by atoms with Crippen LogP contribution in [0.2, 0.25) is 0 Å². The van der Waals surface area contributed by atoms with E-state index in [1.165, 1.54) is 21.8 Å². The van der Waals surface area contributed by atoms with Crippen molar-refractivity contribution in [3.05, 3.63) is 21.8 Å². The number of halogens is 3. The molecule has 1 aliphatic heterocycles. The first-order valence-electron chi connectivity index (χ1n) is 4.85. The fraction of sp³-hybridized carbons (Fsp3) is 0.455. The minimum atomic E-state index is 0.361. The average Bonchev–Trinajstić information content (AvgIpc) is 2.23. The molecule has 1 aromatic carbocycles. The molecule has 0 fully saturated rings. The zero-order chi connectivity index (χ0) is 11.2. The Morgan fingerprint density at radius 2 is 1.80 bits per heavy atom. The van der Waals surface area contributed by atoms with Crippen LogP contribution in [0.5, 0.6) is 5.75 Å². The zero-order valence-electron chi connectivity index (χ0n) is 8.53. The normalized spacial score (nSPS) is 19.7. The molecule has 0 N–H and O–H groups in total.